The van der Waals surface area contributed by atoms with Crippen LogP contribution in [0, 0.1) is 11.3 Å². The lowest BCUT2D eigenvalue weighted by Crippen LogP contribution is -2.38. The largest absolute Gasteiger partial charge is 0.371 e. The molecule has 9 nitrogen and oxygen atoms in total. The van der Waals surface area contributed by atoms with Crippen LogP contribution in [0.2, 0.25) is 0 Å². The van der Waals surface area contributed by atoms with Crippen LogP contribution in [0.3, 0.4) is 0 Å². The lowest BCUT2D eigenvalue weighted by Gasteiger charge is -2.35. The molecule has 2 fully saturated rings. The minimum atomic E-state index is -0.605. The van der Waals surface area contributed by atoms with Crippen molar-refractivity contribution in [2.45, 2.75) is 76.4 Å². The SMILES string of the molecule is CNC(=O)CCC(C=O)N1Cc2c(cccc2N2CCC(CCCc3ccc(/C=C/c4[nH]c(C5CCCN5C)cc4C=N)cc3)CC2)C1=O. The van der Waals surface area contributed by atoms with Gasteiger partial charge in [-0.2, -0.15) is 0 Å². The summed E-state index contributed by atoms with van der Waals surface area (Å²) >= 11 is 0. The van der Waals surface area contributed by atoms with E-state index in [0.29, 0.717) is 30.5 Å². The molecule has 0 aliphatic carbocycles. The molecule has 1 aromatic heterocycles. The van der Waals surface area contributed by atoms with E-state index >= 15 is 0 Å². The average molecular weight is 663 g/mol. The zero-order chi connectivity index (χ0) is 34.3. The van der Waals surface area contributed by atoms with Gasteiger partial charge in [-0.1, -0.05) is 36.4 Å². The predicted octanol–water partition coefficient (Wildman–Crippen LogP) is 6.24. The van der Waals surface area contributed by atoms with Gasteiger partial charge in [0.25, 0.3) is 5.91 Å². The maximum absolute atomic E-state index is 13.3. The van der Waals surface area contributed by atoms with Crippen molar-refractivity contribution < 1.29 is 14.4 Å². The first-order valence-corrected chi connectivity index (χ1v) is 17.9. The van der Waals surface area contributed by atoms with Crippen LogP contribution in [0.25, 0.3) is 12.2 Å². The first kappa shape index (κ1) is 34.4. The van der Waals surface area contributed by atoms with Crippen LogP contribution < -0.4 is 10.2 Å². The highest BCUT2D eigenvalue weighted by molar-refractivity contribution is 6.01. The Hall–Kier alpha value is -4.50. The second-order valence-corrected chi connectivity index (χ2v) is 13.9. The Morgan fingerprint density at radius 1 is 1.08 bits per heavy atom. The number of benzene rings is 2. The molecule has 2 aromatic carbocycles. The molecule has 9 heteroatoms. The zero-order valence-corrected chi connectivity index (χ0v) is 28.9. The summed E-state index contributed by atoms with van der Waals surface area (Å²) < 4.78 is 0. The minimum absolute atomic E-state index is 0.122. The van der Waals surface area contributed by atoms with Gasteiger partial charge >= 0.3 is 0 Å². The van der Waals surface area contributed by atoms with Crippen LogP contribution in [-0.4, -0.2) is 78.9 Å². The molecule has 3 aliphatic rings. The third-order valence-electron chi connectivity index (χ3n) is 10.9. The first-order valence-electron chi connectivity index (χ1n) is 17.9. The van der Waals surface area contributed by atoms with Crippen LogP contribution >= 0.6 is 0 Å². The molecule has 2 atom stereocenters. The van der Waals surface area contributed by atoms with Crippen molar-refractivity contribution in [2.24, 2.45) is 5.92 Å². The van der Waals surface area contributed by atoms with Gasteiger partial charge in [0.1, 0.15) is 6.29 Å². The minimum Gasteiger partial charge on any atom is -0.371 e. The van der Waals surface area contributed by atoms with Crippen molar-refractivity contribution in [3.05, 3.63) is 87.7 Å². The second-order valence-electron chi connectivity index (χ2n) is 13.9. The van der Waals surface area contributed by atoms with Gasteiger partial charge in [-0.3, -0.25) is 14.5 Å². The van der Waals surface area contributed by atoms with Crippen molar-refractivity contribution in [2.75, 3.05) is 38.6 Å². The van der Waals surface area contributed by atoms with Gasteiger partial charge in [-0.25, -0.2) is 0 Å². The number of aryl methyl sites for hydroxylation is 1. The highest BCUT2D eigenvalue weighted by Crippen LogP contribution is 2.36. The molecule has 49 heavy (non-hydrogen) atoms. The summed E-state index contributed by atoms with van der Waals surface area (Å²) in [6.45, 7) is 3.45. The smallest absolute Gasteiger partial charge is 0.255 e. The molecular formula is C40H50N6O3. The standard InChI is InChI=1S/C40H50N6O3/c1-42-39(48)18-16-32(27-47)46-26-34-33(40(46)49)8-4-9-37(34)45-22-19-29(20-23-45)7-3-6-28-11-13-30(14-12-28)15-17-35-31(25-41)24-36(43-35)38-10-5-21-44(38)2/h4,8-9,11-15,17,24-25,27,29,32,38,41,43H,3,5-7,10,16,18-23,26H2,1-2H3,(H,42,48)/b17-15+,41-25?. The normalized spacial score (nSPS) is 19.1. The molecule has 2 unspecified atom stereocenters. The quantitative estimate of drug-likeness (QED) is 0.140. The van der Waals surface area contributed by atoms with E-state index in [-0.39, 0.29) is 18.2 Å². The fourth-order valence-electron chi connectivity index (χ4n) is 7.88. The third-order valence-corrected chi connectivity index (χ3v) is 10.9. The molecule has 3 N–H and O–H groups in total. The van der Waals surface area contributed by atoms with Gasteiger partial charge in [0.2, 0.25) is 5.91 Å². The van der Waals surface area contributed by atoms with E-state index in [9.17, 15) is 14.4 Å². The van der Waals surface area contributed by atoms with Crippen molar-refractivity contribution in [1.29, 1.82) is 5.41 Å². The van der Waals surface area contributed by atoms with Crippen LogP contribution in [0.1, 0.15) is 101 Å². The highest BCUT2D eigenvalue weighted by Gasteiger charge is 2.35. The monoisotopic (exact) mass is 662 g/mol. The number of anilines is 1. The topological polar surface area (TPSA) is 113 Å². The van der Waals surface area contributed by atoms with Crippen LogP contribution in [-0.2, 0) is 22.6 Å². The van der Waals surface area contributed by atoms with Crippen molar-refractivity contribution >= 4 is 42.2 Å². The Morgan fingerprint density at radius 2 is 1.88 bits per heavy atom. The molecule has 6 rings (SSSR count). The van der Waals surface area contributed by atoms with Crippen LogP contribution in [0.15, 0.2) is 48.5 Å². The number of nitrogens with one attached hydrogen (secondary N) is 3. The number of aromatic amines is 1. The zero-order valence-electron chi connectivity index (χ0n) is 28.9. The number of likely N-dealkylation sites (tertiary alicyclic amines) is 1. The average Bonchev–Trinajstić information content (AvgIpc) is 3.84. The van der Waals surface area contributed by atoms with Crippen molar-refractivity contribution in [3.63, 3.8) is 0 Å². The number of fused-ring (bicyclic) bond motifs is 1. The Kier molecular flexibility index (Phi) is 11.1. The number of aromatic nitrogens is 1. The van der Waals surface area contributed by atoms with E-state index < -0.39 is 6.04 Å². The summed E-state index contributed by atoms with van der Waals surface area (Å²) in [5.74, 6) is 0.438. The van der Waals surface area contributed by atoms with E-state index in [4.69, 9.17) is 5.41 Å². The number of hydrogen-bond donors (Lipinski definition) is 3. The maximum Gasteiger partial charge on any atom is 0.255 e. The molecule has 0 radical (unpaired) electrons. The number of amides is 2. The number of aldehydes is 1. The van der Waals surface area contributed by atoms with E-state index in [2.05, 4.69) is 75.7 Å². The molecule has 2 saturated heterocycles. The van der Waals surface area contributed by atoms with Gasteiger partial charge in [0, 0.05) is 79.1 Å². The number of rotatable bonds is 14. The van der Waals surface area contributed by atoms with E-state index in [1.54, 1.807) is 11.9 Å². The lowest BCUT2D eigenvalue weighted by atomic mass is 9.90. The number of hydrogen-bond acceptors (Lipinski definition) is 6. The second kappa shape index (κ2) is 15.8. The first-order chi connectivity index (χ1) is 23.9. The Morgan fingerprint density at radius 3 is 2.57 bits per heavy atom. The fourth-order valence-corrected chi connectivity index (χ4v) is 7.88. The van der Waals surface area contributed by atoms with Crippen LogP contribution in [0.4, 0.5) is 5.69 Å². The van der Waals surface area contributed by atoms with Crippen molar-refractivity contribution in [1.82, 2.24) is 20.1 Å². The third kappa shape index (κ3) is 7.88. The molecular weight excluding hydrogens is 612 g/mol. The molecule has 4 heterocycles. The van der Waals surface area contributed by atoms with Gasteiger partial charge < -0.3 is 30.3 Å². The van der Waals surface area contributed by atoms with Gasteiger partial charge in [0.15, 0.2) is 0 Å². The summed E-state index contributed by atoms with van der Waals surface area (Å²) in [7, 11) is 3.75. The molecule has 3 aromatic rings. The van der Waals surface area contributed by atoms with Gasteiger partial charge in [-0.15, -0.1) is 0 Å². The van der Waals surface area contributed by atoms with Crippen LogP contribution in [0.5, 0.6) is 0 Å². The number of carbonyl (C=O) groups is 3. The molecule has 0 bridgehead atoms. The van der Waals surface area contributed by atoms with E-state index in [1.807, 2.05) is 12.1 Å². The maximum atomic E-state index is 13.3. The summed E-state index contributed by atoms with van der Waals surface area (Å²) in [4.78, 5) is 46.9. The van der Waals surface area contributed by atoms with Crippen molar-refractivity contribution in [3.8, 4) is 0 Å². The lowest BCUT2D eigenvalue weighted by molar-refractivity contribution is -0.121. The molecule has 2 amide bonds. The van der Waals surface area contributed by atoms with E-state index in [1.165, 1.54) is 30.3 Å². The number of carbonyl (C=O) groups excluding carboxylic acids is 3. The number of H-pyrrole nitrogens is 1. The van der Waals surface area contributed by atoms with Gasteiger partial charge in [-0.05, 0) is 106 Å². The number of nitrogens with zero attached hydrogens (tertiary/aromatic N) is 3. The Bertz CT molecular complexity index is 1670. The Labute approximate surface area is 290 Å². The summed E-state index contributed by atoms with van der Waals surface area (Å²) in [5.41, 5.74) is 8.42. The summed E-state index contributed by atoms with van der Waals surface area (Å²) in [6.07, 6.45) is 15.1. The molecule has 258 valence electrons. The highest BCUT2D eigenvalue weighted by atomic mass is 16.2. The van der Waals surface area contributed by atoms with Gasteiger partial charge in [0.05, 0.1) is 6.04 Å². The fraction of sp³-hybridized carbons (Fsp3) is 0.450. The van der Waals surface area contributed by atoms with E-state index in [0.717, 1.165) is 86.1 Å². The predicted molar refractivity (Wildman–Crippen MR) is 196 cm³/mol. The summed E-state index contributed by atoms with van der Waals surface area (Å²) in [5, 5.41) is 10.5. The Balaban J connectivity index is 0.969. The molecule has 0 spiro atoms. The summed E-state index contributed by atoms with van der Waals surface area (Å²) in [6, 6.07) is 16.7. The number of piperidine rings is 1. The molecule has 0 saturated carbocycles. The molecule has 3 aliphatic heterocycles.